The number of fused-ring (bicyclic) bond motifs is 1. The molecule has 17 heavy (non-hydrogen) atoms. The molecule has 0 radical (unpaired) electrons. The van der Waals surface area contributed by atoms with Crippen LogP contribution in [0.5, 0.6) is 11.5 Å². The maximum Gasteiger partial charge on any atom is 0.164 e. The van der Waals surface area contributed by atoms with E-state index in [1.165, 1.54) is 5.56 Å². The lowest BCUT2D eigenvalue weighted by molar-refractivity contribution is 0.296. The first-order valence-corrected chi connectivity index (χ1v) is 6.73. The topological polar surface area (TPSA) is 44.5 Å². The SMILES string of the molecule is Cc1c2c(cc(Br)c1C(C)CN)OCCCO2. The van der Waals surface area contributed by atoms with Gasteiger partial charge in [-0.25, -0.2) is 0 Å². The summed E-state index contributed by atoms with van der Waals surface area (Å²) in [6.07, 6.45) is 0.924. The molecule has 0 spiro atoms. The first-order valence-electron chi connectivity index (χ1n) is 5.93. The number of ether oxygens (including phenoxy) is 2. The predicted octanol–water partition coefficient (Wildman–Crippen LogP) is 2.98. The van der Waals surface area contributed by atoms with Gasteiger partial charge in [-0.05, 0) is 36.6 Å². The van der Waals surface area contributed by atoms with Gasteiger partial charge in [0, 0.05) is 10.9 Å². The van der Waals surface area contributed by atoms with Crippen LogP contribution in [0.25, 0.3) is 0 Å². The highest BCUT2D eigenvalue weighted by molar-refractivity contribution is 9.10. The van der Waals surface area contributed by atoms with Crippen LogP contribution >= 0.6 is 15.9 Å². The average Bonchev–Trinajstić information content (AvgIpc) is 2.54. The second-order valence-corrected chi connectivity index (χ2v) is 5.27. The average molecular weight is 300 g/mol. The standard InChI is InChI=1S/C13H18BrNO2/c1-8(7-15)12-9(2)13-11(6-10(12)14)16-4-3-5-17-13/h6,8H,3-5,7,15H2,1-2H3. The molecule has 1 aromatic carbocycles. The summed E-state index contributed by atoms with van der Waals surface area (Å²) in [5.41, 5.74) is 8.11. The van der Waals surface area contributed by atoms with Gasteiger partial charge >= 0.3 is 0 Å². The van der Waals surface area contributed by atoms with Crippen LogP contribution in [0.1, 0.15) is 30.4 Å². The number of rotatable bonds is 2. The van der Waals surface area contributed by atoms with Crippen molar-refractivity contribution in [2.45, 2.75) is 26.2 Å². The van der Waals surface area contributed by atoms with Crippen LogP contribution in [0.2, 0.25) is 0 Å². The Morgan fingerprint density at radius 1 is 1.41 bits per heavy atom. The van der Waals surface area contributed by atoms with Crippen molar-refractivity contribution >= 4 is 15.9 Å². The van der Waals surface area contributed by atoms with Gasteiger partial charge in [0.1, 0.15) is 0 Å². The van der Waals surface area contributed by atoms with Crippen LogP contribution in [0.15, 0.2) is 10.5 Å². The fourth-order valence-corrected chi connectivity index (χ4v) is 3.07. The molecule has 4 heteroatoms. The molecule has 2 rings (SSSR count). The monoisotopic (exact) mass is 299 g/mol. The normalized spacial score (nSPS) is 16.5. The van der Waals surface area contributed by atoms with E-state index in [0.717, 1.165) is 28.0 Å². The highest BCUT2D eigenvalue weighted by Gasteiger charge is 2.21. The Labute approximate surface area is 110 Å². The van der Waals surface area contributed by atoms with Gasteiger partial charge in [-0.15, -0.1) is 0 Å². The highest BCUT2D eigenvalue weighted by atomic mass is 79.9. The lowest BCUT2D eigenvalue weighted by atomic mass is 9.95. The molecular weight excluding hydrogens is 282 g/mol. The van der Waals surface area contributed by atoms with Crippen LogP contribution in [0.3, 0.4) is 0 Å². The molecule has 1 aliphatic rings. The zero-order valence-electron chi connectivity index (χ0n) is 10.3. The maximum atomic E-state index is 5.78. The Morgan fingerprint density at radius 3 is 2.82 bits per heavy atom. The molecular formula is C13H18BrNO2. The van der Waals surface area contributed by atoms with Crippen LogP contribution in [0.4, 0.5) is 0 Å². The molecule has 0 bridgehead atoms. The quantitative estimate of drug-likeness (QED) is 0.913. The van der Waals surface area contributed by atoms with Crippen molar-refractivity contribution in [1.82, 2.24) is 0 Å². The molecule has 1 aliphatic heterocycles. The molecule has 2 N–H and O–H groups in total. The summed E-state index contributed by atoms with van der Waals surface area (Å²) in [4.78, 5) is 0. The fraction of sp³-hybridized carbons (Fsp3) is 0.538. The van der Waals surface area contributed by atoms with Crippen molar-refractivity contribution in [3.8, 4) is 11.5 Å². The van der Waals surface area contributed by atoms with Gasteiger partial charge in [0.2, 0.25) is 0 Å². The molecule has 1 heterocycles. The fourth-order valence-electron chi connectivity index (χ4n) is 2.17. The molecule has 3 nitrogen and oxygen atoms in total. The molecule has 0 aliphatic carbocycles. The molecule has 0 aromatic heterocycles. The van der Waals surface area contributed by atoms with E-state index in [2.05, 4.69) is 29.8 Å². The Hall–Kier alpha value is -0.740. The van der Waals surface area contributed by atoms with Crippen molar-refractivity contribution in [2.75, 3.05) is 19.8 Å². The molecule has 1 atom stereocenters. The second-order valence-electron chi connectivity index (χ2n) is 4.41. The van der Waals surface area contributed by atoms with E-state index in [-0.39, 0.29) is 0 Å². The summed E-state index contributed by atoms with van der Waals surface area (Å²) in [5.74, 6) is 2.02. The number of halogens is 1. The van der Waals surface area contributed by atoms with Crippen molar-refractivity contribution in [2.24, 2.45) is 5.73 Å². The lowest BCUT2D eigenvalue weighted by Crippen LogP contribution is -2.11. The van der Waals surface area contributed by atoms with Gasteiger partial charge in [-0.1, -0.05) is 22.9 Å². The van der Waals surface area contributed by atoms with Crippen molar-refractivity contribution in [3.05, 3.63) is 21.7 Å². The van der Waals surface area contributed by atoms with Crippen molar-refractivity contribution < 1.29 is 9.47 Å². The van der Waals surface area contributed by atoms with Gasteiger partial charge in [0.05, 0.1) is 13.2 Å². The summed E-state index contributed by atoms with van der Waals surface area (Å²) in [6, 6.07) is 2.00. The Bertz CT molecular complexity index is 420. The number of hydrogen-bond acceptors (Lipinski definition) is 3. The van der Waals surface area contributed by atoms with Crippen LogP contribution in [-0.4, -0.2) is 19.8 Å². The van der Waals surface area contributed by atoms with Gasteiger partial charge < -0.3 is 15.2 Å². The van der Waals surface area contributed by atoms with E-state index in [9.17, 15) is 0 Å². The van der Waals surface area contributed by atoms with E-state index in [4.69, 9.17) is 15.2 Å². The van der Waals surface area contributed by atoms with Crippen molar-refractivity contribution in [3.63, 3.8) is 0 Å². The smallest absolute Gasteiger partial charge is 0.164 e. The predicted molar refractivity (Wildman–Crippen MR) is 72.0 cm³/mol. The minimum atomic E-state index is 0.307. The van der Waals surface area contributed by atoms with Crippen LogP contribution < -0.4 is 15.2 Å². The third-order valence-corrected chi connectivity index (χ3v) is 3.78. The summed E-state index contributed by atoms with van der Waals surface area (Å²) in [5, 5.41) is 0. The molecule has 1 unspecified atom stereocenters. The molecule has 0 fully saturated rings. The van der Waals surface area contributed by atoms with Crippen molar-refractivity contribution in [1.29, 1.82) is 0 Å². The lowest BCUT2D eigenvalue weighted by Gasteiger charge is -2.19. The number of benzene rings is 1. The van der Waals surface area contributed by atoms with Crippen LogP contribution in [-0.2, 0) is 0 Å². The molecule has 0 amide bonds. The summed E-state index contributed by atoms with van der Waals surface area (Å²) in [6.45, 7) is 6.24. The van der Waals surface area contributed by atoms with E-state index in [1.807, 2.05) is 6.07 Å². The minimum Gasteiger partial charge on any atom is -0.490 e. The Balaban J connectivity index is 2.52. The Kier molecular flexibility index (Phi) is 3.94. The van der Waals surface area contributed by atoms with E-state index >= 15 is 0 Å². The summed E-state index contributed by atoms with van der Waals surface area (Å²) >= 11 is 3.60. The zero-order valence-corrected chi connectivity index (χ0v) is 11.8. The largest absolute Gasteiger partial charge is 0.490 e. The molecule has 0 saturated heterocycles. The van der Waals surface area contributed by atoms with E-state index < -0.39 is 0 Å². The first kappa shape index (κ1) is 12.7. The van der Waals surface area contributed by atoms with Gasteiger partial charge in [-0.2, -0.15) is 0 Å². The second kappa shape index (κ2) is 5.27. The van der Waals surface area contributed by atoms with Gasteiger partial charge in [-0.3, -0.25) is 0 Å². The van der Waals surface area contributed by atoms with Crippen LogP contribution in [0, 0.1) is 6.92 Å². The molecule has 1 aromatic rings. The minimum absolute atomic E-state index is 0.307. The van der Waals surface area contributed by atoms with E-state index in [1.54, 1.807) is 0 Å². The number of nitrogens with two attached hydrogens (primary N) is 1. The zero-order chi connectivity index (χ0) is 12.4. The van der Waals surface area contributed by atoms with Gasteiger partial charge in [0.25, 0.3) is 0 Å². The maximum absolute atomic E-state index is 5.78. The summed E-state index contributed by atoms with van der Waals surface area (Å²) in [7, 11) is 0. The summed E-state index contributed by atoms with van der Waals surface area (Å²) < 4.78 is 12.5. The first-order chi connectivity index (χ1) is 8.15. The molecule has 94 valence electrons. The van der Waals surface area contributed by atoms with E-state index in [0.29, 0.717) is 25.7 Å². The van der Waals surface area contributed by atoms with Gasteiger partial charge in [0.15, 0.2) is 11.5 Å². The Morgan fingerprint density at radius 2 is 2.12 bits per heavy atom. The third-order valence-electron chi connectivity index (χ3n) is 3.12. The third kappa shape index (κ3) is 2.43. The molecule has 0 saturated carbocycles. The number of hydrogen-bond donors (Lipinski definition) is 1. The highest BCUT2D eigenvalue weighted by Crippen LogP contribution is 2.41.